The summed E-state index contributed by atoms with van der Waals surface area (Å²) in [5.41, 5.74) is 2.26. The first kappa shape index (κ1) is 14.9. The molecule has 0 aliphatic rings. The maximum absolute atomic E-state index is 12.3. The molecule has 0 aromatic heterocycles. The van der Waals surface area contributed by atoms with E-state index in [4.69, 9.17) is 16.9 Å². The summed E-state index contributed by atoms with van der Waals surface area (Å²) in [6, 6.07) is 14.0. The Morgan fingerprint density at radius 2 is 2.05 bits per heavy atom. The number of hydrogen-bond acceptors (Lipinski definition) is 3. The van der Waals surface area contributed by atoms with Crippen LogP contribution in [0.2, 0.25) is 5.02 Å². The lowest BCUT2D eigenvalue weighted by Crippen LogP contribution is -2.14. The Labute approximate surface area is 128 Å². The third-order valence-corrected chi connectivity index (χ3v) is 3.20. The second kappa shape index (κ2) is 6.78. The molecule has 0 heterocycles. The van der Waals surface area contributed by atoms with E-state index in [0.29, 0.717) is 21.8 Å². The van der Waals surface area contributed by atoms with Gasteiger partial charge in [-0.1, -0.05) is 23.7 Å². The van der Waals surface area contributed by atoms with Crippen molar-refractivity contribution in [1.82, 2.24) is 0 Å². The molecule has 2 rings (SSSR count). The summed E-state index contributed by atoms with van der Waals surface area (Å²) in [7, 11) is 0. The van der Waals surface area contributed by atoms with Gasteiger partial charge in [0.15, 0.2) is 0 Å². The Hall–Kier alpha value is -2.51. The van der Waals surface area contributed by atoms with Crippen LogP contribution in [-0.2, 0) is 0 Å². The van der Waals surface area contributed by atoms with Crippen LogP contribution in [0.15, 0.2) is 42.5 Å². The number of nitrogens with zero attached hydrogens (tertiary/aromatic N) is 1. The first-order valence-electron chi connectivity index (χ1n) is 6.49. The maximum atomic E-state index is 12.3. The highest BCUT2D eigenvalue weighted by molar-refractivity contribution is 6.32. The van der Waals surface area contributed by atoms with Crippen LogP contribution in [0, 0.1) is 11.3 Å². The van der Waals surface area contributed by atoms with Crippen LogP contribution in [-0.4, -0.2) is 12.5 Å². The SMILES string of the molecule is CCNc1ccccc1C(=O)Nc1ccc(C#N)c(Cl)c1. The van der Waals surface area contributed by atoms with E-state index >= 15 is 0 Å². The van der Waals surface area contributed by atoms with E-state index in [1.807, 2.05) is 31.2 Å². The largest absolute Gasteiger partial charge is 0.385 e. The van der Waals surface area contributed by atoms with Crippen molar-refractivity contribution in [1.29, 1.82) is 5.26 Å². The fraction of sp³-hybridized carbons (Fsp3) is 0.125. The summed E-state index contributed by atoms with van der Waals surface area (Å²) in [6.45, 7) is 2.70. The van der Waals surface area contributed by atoms with Gasteiger partial charge in [-0.15, -0.1) is 0 Å². The van der Waals surface area contributed by atoms with Crippen LogP contribution in [0.3, 0.4) is 0 Å². The number of carbonyl (C=O) groups is 1. The number of benzene rings is 2. The van der Waals surface area contributed by atoms with E-state index in [1.165, 1.54) is 0 Å². The standard InChI is InChI=1S/C16H14ClN3O/c1-2-19-15-6-4-3-5-13(15)16(21)20-12-8-7-11(10-18)14(17)9-12/h3-9,19H,2H2,1H3,(H,20,21). The van der Waals surface area contributed by atoms with E-state index in [-0.39, 0.29) is 5.91 Å². The van der Waals surface area contributed by atoms with Crippen molar-refractivity contribution >= 4 is 28.9 Å². The Morgan fingerprint density at radius 1 is 1.29 bits per heavy atom. The molecule has 2 aromatic rings. The lowest BCUT2D eigenvalue weighted by molar-refractivity contribution is 0.102. The van der Waals surface area contributed by atoms with Gasteiger partial charge in [0.2, 0.25) is 0 Å². The molecule has 0 fully saturated rings. The van der Waals surface area contributed by atoms with Gasteiger partial charge in [0.1, 0.15) is 6.07 Å². The third-order valence-electron chi connectivity index (χ3n) is 2.89. The van der Waals surface area contributed by atoms with E-state index in [9.17, 15) is 4.79 Å². The molecule has 4 nitrogen and oxygen atoms in total. The predicted molar refractivity (Wildman–Crippen MR) is 84.7 cm³/mol. The number of nitriles is 1. The molecule has 0 unspecified atom stereocenters. The minimum absolute atomic E-state index is 0.229. The first-order chi connectivity index (χ1) is 10.2. The van der Waals surface area contributed by atoms with Crippen LogP contribution < -0.4 is 10.6 Å². The Kier molecular flexibility index (Phi) is 4.81. The number of carbonyl (C=O) groups excluding carboxylic acids is 1. The van der Waals surface area contributed by atoms with Gasteiger partial charge < -0.3 is 10.6 Å². The third kappa shape index (κ3) is 3.53. The molecule has 2 N–H and O–H groups in total. The van der Waals surface area contributed by atoms with E-state index in [0.717, 1.165) is 12.2 Å². The summed E-state index contributed by atoms with van der Waals surface area (Å²) in [5.74, 6) is -0.229. The molecule has 0 radical (unpaired) electrons. The lowest BCUT2D eigenvalue weighted by atomic mass is 10.1. The zero-order chi connectivity index (χ0) is 15.2. The first-order valence-corrected chi connectivity index (χ1v) is 6.87. The molecule has 0 aliphatic heterocycles. The molecule has 2 aromatic carbocycles. The van der Waals surface area contributed by atoms with Crippen molar-refractivity contribution in [2.45, 2.75) is 6.92 Å². The molecule has 0 aliphatic carbocycles. The summed E-state index contributed by atoms with van der Waals surface area (Å²) >= 11 is 5.95. The number of para-hydroxylation sites is 1. The van der Waals surface area contributed by atoms with Crippen molar-refractivity contribution in [2.75, 3.05) is 17.2 Å². The average molecular weight is 300 g/mol. The van der Waals surface area contributed by atoms with Gasteiger partial charge in [0.25, 0.3) is 5.91 Å². The lowest BCUT2D eigenvalue weighted by Gasteiger charge is -2.11. The van der Waals surface area contributed by atoms with Crippen LogP contribution in [0.1, 0.15) is 22.8 Å². The van der Waals surface area contributed by atoms with Gasteiger partial charge in [0, 0.05) is 17.9 Å². The van der Waals surface area contributed by atoms with Crippen molar-refractivity contribution in [3.05, 3.63) is 58.6 Å². The Balaban J connectivity index is 2.22. The highest BCUT2D eigenvalue weighted by Gasteiger charge is 2.11. The van der Waals surface area contributed by atoms with Crippen molar-refractivity contribution < 1.29 is 4.79 Å². The summed E-state index contributed by atoms with van der Waals surface area (Å²) < 4.78 is 0. The van der Waals surface area contributed by atoms with Crippen LogP contribution in [0.25, 0.3) is 0 Å². The molecule has 1 amide bonds. The number of anilines is 2. The molecule has 0 saturated heterocycles. The summed E-state index contributed by atoms with van der Waals surface area (Å²) in [5, 5.41) is 15.1. The van der Waals surface area contributed by atoms with E-state index in [2.05, 4.69) is 10.6 Å². The number of amides is 1. The average Bonchev–Trinajstić information content (AvgIpc) is 2.48. The highest BCUT2D eigenvalue weighted by Crippen LogP contribution is 2.22. The van der Waals surface area contributed by atoms with Gasteiger partial charge in [-0.2, -0.15) is 5.26 Å². The van der Waals surface area contributed by atoms with Crippen LogP contribution in [0.5, 0.6) is 0 Å². The molecule has 0 atom stereocenters. The Morgan fingerprint density at radius 3 is 2.71 bits per heavy atom. The number of nitrogens with one attached hydrogen (secondary N) is 2. The second-order valence-electron chi connectivity index (χ2n) is 4.34. The summed E-state index contributed by atoms with van der Waals surface area (Å²) in [4.78, 5) is 12.3. The zero-order valence-electron chi connectivity index (χ0n) is 11.5. The van der Waals surface area contributed by atoms with E-state index in [1.54, 1.807) is 24.3 Å². The number of hydrogen-bond donors (Lipinski definition) is 2. The topological polar surface area (TPSA) is 64.9 Å². The van der Waals surface area contributed by atoms with Gasteiger partial charge in [0.05, 0.1) is 16.1 Å². The normalized spacial score (nSPS) is 9.76. The fourth-order valence-corrected chi connectivity index (χ4v) is 2.13. The molecule has 0 spiro atoms. The highest BCUT2D eigenvalue weighted by atomic mass is 35.5. The van der Waals surface area contributed by atoms with Crippen molar-refractivity contribution in [3.8, 4) is 6.07 Å². The smallest absolute Gasteiger partial charge is 0.257 e. The minimum Gasteiger partial charge on any atom is -0.385 e. The van der Waals surface area contributed by atoms with Crippen molar-refractivity contribution in [2.24, 2.45) is 0 Å². The summed E-state index contributed by atoms with van der Waals surface area (Å²) in [6.07, 6.45) is 0. The molecule has 21 heavy (non-hydrogen) atoms. The van der Waals surface area contributed by atoms with E-state index < -0.39 is 0 Å². The second-order valence-corrected chi connectivity index (χ2v) is 4.74. The number of halogens is 1. The molecular weight excluding hydrogens is 286 g/mol. The van der Waals surface area contributed by atoms with Gasteiger partial charge in [-0.25, -0.2) is 0 Å². The van der Waals surface area contributed by atoms with Crippen molar-refractivity contribution in [3.63, 3.8) is 0 Å². The maximum Gasteiger partial charge on any atom is 0.257 e. The molecular formula is C16H14ClN3O. The van der Waals surface area contributed by atoms with Gasteiger partial charge in [-0.3, -0.25) is 4.79 Å². The van der Waals surface area contributed by atoms with Gasteiger partial charge in [-0.05, 0) is 37.3 Å². The molecule has 5 heteroatoms. The Bertz CT molecular complexity index is 707. The minimum atomic E-state index is -0.229. The quantitative estimate of drug-likeness (QED) is 0.900. The molecule has 0 bridgehead atoms. The van der Waals surface area contributed by atoms with Crippen LogP contribution in [0.4, 0.5) is 11.4 Å². The number of rotatable bonds is 4. The monoisotopic (exact) mass is 299 g/mol. The molecule has 106 valence electrons. The fourth-order valence-electron chi connectivity index (χ4n) is 1.91. The zero-order valence-corrected chi connectivity index (χ0v) is 12.2. The van der Waals surface area contributed by atoms with Gasteiger partial charge >= 0.3 is 0 Å². The molecule has 0 saturated carbocycles. The predicted octanol–water partition coefficient (Wildman–Crippen LogP) is 3.90. The van der Waals surface area contributed by atoms with Crippen LogP contribution >= 0.6 is 11.6 Å².